The predicted octanol–water partition coefficient (Wildman–Crippen LogP) is 3.92. The number of aryl methyl sites for hydroxylation is 1. The zero-order chi connectivity index (χ0) is 14.2. The van der Waals surface area contributed by atoms with Crippen LogP contribution >= 0.6 is 0 Å². The fraction of sp³-hybridized carbons (Fsp3) is 0.412. The second-order valence-electron chi connectivity index (χ2n) is 4.94. The molecule has 2 rings (SSSR count). The van der Waals surface area contributed by atoms with Crippen molar-refractivity contribution < 1.29 is 9.15 Å². The van der Waals surface area contributed by atoms with Gasteiger partial charge in [-0.25, -0.2) is 0 Å². The van der Waals surface area contributed by atoms with E-state index in [1.54, 1.807) is 6.26 Å². The first-order chi connectivity index (χ1) is 9.83. The maximum absolute atomic E-state index is 5.78. The molecule has 0 aliphatic carbocycles. The Kier molecular flexibility index (Phi) is 5.69. The molecule has 0 saturated heterocycles. The number of hydrogen-bond donors (Lipinski definition) is 1. The number of unbranched alkanes of at least 4 members (excludes halogenated alkanes) is 1. The molecule has 108 valence electrons. The van der Waals surface area contributed by atoms with Crippen LogP contribution in [0, 0.1) is 0 Å². The lowest BCUT2D eigenvalue weighted by atomic mass is 10.1. The zero-order valence-electron chi connectivity index (χ0n) is 12.3. The Bertz CT molecular complexity index is 502. The summed E-state index contributed by atoms with van der Waals surface area (Å²) >= 11 is 0. The van der Waals surface area contributed by atoms with Crippen LogP contribution in [-0.2, 0) is 19.6 Å². The summed E-state index contributed by atoms with van der Waals surface area (Å²) in [6.45, 7) is 3.48. The summed E-state index contributed by atoms with van der Waals surface area (Å²) in [5, 5.41) is 3.12. The Morgan fingerprint density at radius 1 is 1.15 bits per heavy atom. The van der Waals surface area contributed by atoms with Gasteiger partial charge in [-0.1, -0.05) is 25.5 Å². The molecule has 0 bridgehead atoms. The average molecular weight is 273 g/mol. The van der Waals surface area contributed by atoms with Gasteiger partial charge in [0.15, 0.2) is 0 Å². The first-order valence-corrected chi connectivity index (χ1v) is 7.25. The molecule has 1 aromatic heterocycles. The first kappa shape index (κ1) is 14.7. The zero-order valence-corrected chi connectivity index (χ0v) is 12.3. The average Bonchev–Trinajstić information content (AvgIpc) is 2.92. The highest BCUT2D eigenvalue weighted by atomic mass is 16.5. The molecule has 20 heavy (non-hydrogen) atoms. The van der Waals surface area contributed by atoms with Gasteiger partial charge in [-0.05, 0) is 43.7 Å². The summed E-state index contributed by atoms with van der Waals surface area (Å²) in [5.74, 6) is 1.77. The van der Waals surface area contributed by atoms with Crippen LogP contribution in [0.4, 0.5) is 0 Å². The van der Waals surface area contributed by atoms with Crippen LogP contribution in [0.25, 0.3) is 0 Å². The predicted molar refractivity (Wildman–Crippen MR) is 80.9 cm³/mol. The Hall–Kier alpha value is -1.74. The molecule has 1 aromatic carbocycles. The molecule has 0 radical (unpaired) electrons. The van der Waals surface area contributed by atoms with Crippen LogP contribution in [0.5, 0.6) is 5.75 Å². The Morgan fingerprint density at radius 2 is 1.95 bits per heavy atom. The lowest BCUT2D eigenvalue weighted by molar-refractivity contribution is 0.268. The minimum Gasteiger partial charge on any atom is -0.486 e. The topological polar surface area (TPSA) is 34.4 Å². The van der Waals surface area contributed by atoms with Crippen molar-refractivity contribution >= 4 is 0 Å². The molecule has 3 nitrogen and oxygen atoms in total. The number of hydrogen-bond acceptors (Lipinski definition) is 3. The largest absolute Gasteiger partial charge is 0.486 e. The lowest BCUT2D eigenvalue weighted by Crippen LogP contribution is -2.07. The third-order valence-corrected chi connectivity index (χ3v) is 3.32. The van der Waals surface area contributed by atoms with E-state index in [4.69, 9.17) is 9.15 Å². The number of ether oxygens (including phenoxy) is 1. The van der Waals surface area contributed by atoms with E-state index in [0.29, 0.717) is 6.61 Å². The SMILES string of the molecule is CCCCc1ccc(OCc2occc2CNC)cc1. The van der Waals surface area contributed by atoms with E-state index < -0.39 is 0 Å². The quantitative estimate of drug-likeness (QED) is 0.791. The maximum Gasteiger partial charge on any atom is 0.146 e. The molecule has 0 aliphatic rings. The summed E-state index contributed by atoms with van der Waals surface area (Å²) in [4.78, 5) is 0. The molecular formula is C17H23NO2. The molecule has 0 unspecified atom stereocenters. The third-order valence-electron chi connectivity index (χ3n) is 3.32. The van der Waals surface area contributed by atoms with Gasteiger partial charge in [0.1, 0.15) is 18.1 Å². The molecular weight excluding hydrogens is 250 g/mol. The normalized spacial score (nSPS) is 10.7. The molecule has 0 saturated carbocycles. The smallest absolute Gasteiger partial charge is 0.146 e. The molecule has 0 spiro atoms. The van der Waals surface area contributed by atoms with E-state index in [0.717, 1.165) is 30.0 Å². The van der Waals surface area contributed by atoms with Crippen molar-refractivity contribution in [2.45, 2.75) is 39.3 Å². The fourth-order valence-electron chi connectivity index (χ4n) is 2.12. The highest BCUT2D eigenvalue weighted by Crippen LogP contribution is 2.17. The van der Waals surface area contributed by atoms with Crippen LogP contribution in [0.1, 0.15) is 36.7 Å². The molecule has 0 aliphatic heterocycles. The van der Waals surface area contributed by atoms with Crippen molar-refractivity contribution in [2.24, 2.45) is 0 Å². The van der Waals surface area contributed by atoms with Crippen molar-refractivity contribution in [1.29, 1.82) is 0 Å². The van der Waals surface area contributed by atoms with Gasteiger partial charge < -0.3 is 14.5 Å². The van der Waals surface area contributed by atoms with E-state index >= 15 is 0 Å². The molecule has 0 atom stereocenters. The van der Waals surface area contributed by atoms with Crippen molar-refractivity contribution in [2.75, 3.05) is 7.05 Å². The van der Waals surface area contributed by atoms with E-state index in [1.165, 1.54) is 18.4 Å². The van der Waals surface area contributed by atoms with Crippen molar-refractivity contribution in [3.05, 3.63) is 53.5 Å². The summed E-state index contributed by atoms with van der Waals surface area (Å²) in [5.41, 5.74) is 2.51. The number of furan rings is 1. The molecule has 0 amide bonds. The first-order valence-electron chi connectivity index (χ1n) is 7.25. The van der Waals surface area contributed by atoms with E-state index in [2.05, 4.69) is 24.4 Å². The van der Waals surface area contributed by atoms with E-state index in [-0.39, 0.29) is 0 Å². The molecule has 2 aromatic rings. The lowest BCUT2D eigenvalue weighted by Gasteiger charge is -2.07. The Morgan fingerprint density at radius 3 is 2.65 bits per heavy atom. The maximum atomic E-state index is 5.78. The van der Waals surface area contributed by atoms with Crippen molar-refractivity contribution in [3.8, 4) is 5.75 Å². The fourth-order valence-corrected chi connectivity index (χ4v) is 2.12. The summed E-state index contributed by atoms with van der Waals surface area (Å²) in [6, 6.07) is 10.3. The van der Waals surface area contributed by atoms with Gasteiger partial charge in [0.05, 0.1) is 6.26 Å². The second kappa shape index (κ2) is 7.75. The second-order valence-corrected chi connectivity index (χ2v) is 4.94. The van der Waals surface area contributed by atoms with Crippen LogP contribution in [-0.4, -0.2) is 7.05 Å². The van der Waals surface area contributed by atoms with Crippen molar-refractivity contribution in [3.63, 3.8) is 0 Å². The summed E-state index contributed by atoms with van der Waals surface area (Å²) < 4.78 is 11.2. The van der Waals surface area contributed by atoms with Gasteiger partial charge in [0.2, 0.25) is 0 Å². The Labute approximate surface area is 121 Å². The van der Waals surface area contributed by atoms with E-state index in [1.807, 2.05) is 25.2 Å². The minimum atomic E-state index is 0.471. The monoisotopic (exact) mass is 273 g/mol. The van der Waals surface area contributed by atoms with Crippen molar-refractivity contribution in [1.82, 2.24) is 5.32 Å². The number of benzene rings is 1. The number of nitrogens with one attached hydrogen (secondary N) is 1. The van der Waals surface area contributed by atoms with Gasteiger partial charge in [0, 0.05) is 12.1 Å². The molecule has 3 heteroatoms. The summed E-state index contributed by atoms with van der Waals surface area (Å²) in [7, 11) is 1.92. The van der Waals surface area contributed by atoms with Gasteiger partial charge in [-0.15, -0.1) is 0 Å². The molecule has 0 fully saturated rings. The summed E-state index contributed by atoms with van der Waals surface area (Å²) in [6.07, 6.45) is 5.31. The minimum absolute atomic E-state index is 0.471. The van der Waals surface area contributed by atoms with Crippen LogP contribution in [0.3, 0.4) is 0 Å². The van der Waals surface area contributed by atoms with Gasteiger partial charge in [-0.3, -0.25) is 0 Å². The Balaban J connectivity index is 1.88. The van der Waals surface area contributed by atoms with Gasteiger partial charge in [0.25, 0.3) is 0 Å². The van der Waals surface area contributed by atoms with Crippen LogP contribution in [0.15, 0.2) is 41.0 Å². The van der Waals surface area contributed by atoms with Crippen LogP contribution < -0.4 is 10.1 Å². The molecule has 1 N–H and O–H groups in total. The highest BCUT2D eigenvalue weighted by molar-refractivity contribution is 5.27. The standard InChI is InChI=1S/C17H23NO2/c1-3-4-5-14-6-8-16(9-7-14)20-13-17-15(12-18-2)10-11-19-17/h6-11,18H,3-5,12-13H2,1-2H3. The highest BCUT2D eigenvalue weighted by Gasteiger charge is 2.06. The molecule has 1 heterocycles. The number of rotatable bonds is 8. The van der Waals surface area contributed by atoms with Crippen LogP contribution in [0.2, 0.25) is 0 Å². The van der Waals surface area contributed by atoms with Gasteiger partial charge in [-0.2, -0.15) is 0 Å². The van der Waals surface area contributed by atoms with Gasteiger partial charge >= 0.3 is 0 Å². The van der Waals surface area contributed by atoms with E-state index in [9.17, 15) is 0 Å². The third kappa shape index (κ3) is 4.14.